The van der Waals surface area contributed by atoms with E-state index in [1.54, 1.807) is 20.8 Å². The van der Waals surface area contributed by atoms with Gasteiger partial charge in [0.05, 0.1) is 0 Å². The molecule has 0 saturated carbocycles. The van der Waals surface area contributed by atoms with E-state index in [1.165, 1.54) is 4.90 Å². The van der Waals surface area contributed by atoms with Gasteiger partial charge in [-0.1, -0.05) is 20.8 Å². The van der Waals surface area contributed by atoms with E-state index >= 15 is 0 Å². The summed E-state index contributed by atoms with van der Waals surface area (Å²) in [6, 6.07) is 0. The van der Waals surface area contributed by atoms with Gasteiger partial charge >= 0.3 is 36.2 Å². The molecule has 40 heavy (non-hydrogen) atoms. The van der Waals surface area contributed by atoms with Crippen molar-refractivity contribution >= 4 is 36.2 Å². The van der Waals surface area contributed by atoms with E-state index in [1.807, 2.05) is 0 Å². The first kappa shape index (κ1) is 36.2. The van der Waals surface area contributed by atoms with Gasteiger partial charge in [-0.25, -0.2) is 14.4 Å². The van der Waals surface area contributed by atoms with Gasteiger partial charge in [-0.3, -0.25) is 14.4 Å². The van der Waals surface area contributed by atoms with Gasteiger partial charge in [0.1, 0.15) is 0 Å². The van der Waals surface area contributed by atoms with E-state index in [4.69, 9.17) is 34.2 Å². The molecule has 0 aromatic rings. The number of esters is 3. The number of carbonyl (C=O) groups excluding carboxylic acids is 6. The molecule has 3 N–H and O–H groups in total. The third kappa shape index (κ3) is 18.4. The van der Waals surface area contributed by atoms with Crippen molar-refractivity contribution in [3.63, 3.8) is 0 Å². The highest BCUT2D eigenvalue weighted by Crippen LogP contribution is 2.01. The van der Waals surface area contributed by atoms with E-state index in [-0.39, 0.29) is 58.5 Å². The minimum Gasteiger partial charge on any atom is -0.428 e. The third-order valence-electron chi connectivity index (χ3n) is 4.78. The number of alkyl carbamates (subject to hydrolysis) is 1. The lowest BCUT2D eigenvalue weighted by atomic mass is 10.3. The first-order valence-electron chi connectivity index (χ1n) is 13.1. The molecule has 0 aliphatic rings. The van der Waals surface area contributed by atoms with Crippen molar-refractivity contribution in [2.24, 2.45) is 5.73 Å². The molecule has 0 heterocycles. The van der Waals surface area contributed by atoms with Gasteiger partial charge in [0, 0.05) is 58.5 Å². The van der Waals surface area contributed by atoms with Crippen LogP contribution in [-0.2, 0) is 42.8 Å². The van der Waals surface area contributed by atoms with Crippen LogP contribution >= 0.6 is 0 Å². The van der Waals surface area contributed by atoms with Crippen LogP contribution in [0.1, 0.15) is 59.3 Å². The Bertz CT molecular complexity index is 796. The summed E-state index contributed by atoms with van der Waals surface area (Å²) in [6.45, 7) is 3.44. The number of ether oxygens (including phenoxy) is 6. The van der Waals surface area contributed by atoms with Crippen LogP contribution in [0.25, 0.3) is 0 Å². The number of hydrogen-bond acceptors (Lipinski definition) is 13. The minimum atomic E-state index is -0.892. The van der Waals surface area contributed by atoms with Crippen LogP contribution in [-0.4, -0.2) is 106 Å². The molecule has 0 aliphatic carbocycles. The lowest BCUT2D eigenvalue weighted by Gasteiger charge is -2.26. The molecule has 0 aliphatic heterocycles. The fourth-order valence-electron chi connectivity index (χ4n) is 2.78. The molecule has 0 atom stereocenters. The number of nitrogens with zero attached hydrogens (tertiary/aromatic N) is 2. The zero-order valence-corrected chi connectivity index (χ0v) is 23.5. The van der Waals surface area contributed by atoms with Gasteiger partial charge in [-0.2, -0.15) is 0 Å². The van der Waals surface area contributed by atoms with Crippen LogP contribution in [0, 0.1) is 0 Å². The molecule has 0 aromatic heterocycles. The van der Waals surface area contributed by atoms with Crippen LogP contribution in [0.15, 0.2) is 0 Å². The van der Waals surface area contributed by atoms with Gasteiger partial charge in [0.15, 0.2) is 0 Å². The molecule has 0 radical (unpaired) electrons. The Labute approximate surface area is 233 Å². The van der Waals surface area contributed by atoms with Crippen molar-refractivity contribution in [3.05, 3.63) is 0 Å². The number of amides is 3. The van der Waals surface area contributed by atoms with Gasteiger partial charge in [-0.05, 0) is 19.3 Å². The fourth-order valence-corrected chi connectivity index (χ4v) is 2.78. The van der Waals surface area contributed by atoms with Gasteiger partial charge in [0.2, 0.25) is 20.4 Å². The average molecular weight is 579 g/mol. The molecule has 0 rings (SSSR count). The second-order valence-corrected chi connectivity index (χ2v) is 8.09. The molecule has 0 aromatic carbocycles. The summed E-state index contributed by atoms with van der Waals surface area (Å²) in [5, 5.41) is 2.39. The maximum atomic E-state index is 12.6. The van der Waals surface area contributed by atoms with E-state index < -0.39 is 56.6 Å². The van der Waals surface area contributed by atoms with Crippen molar-refractivity contribution in [1.29, 1.82) is 0 Å². The van der Waals surface area contributed by atoms with E-state index in [0.717, 1.165) is 4.90 Å². The molecule has 16 heteroatoms. The molecular formula is C24H42N4O12. The van der Waals surface area contributed by atoms with Crippen LogP contribution in [0.5, 0.6) is 0 Å². The smallest absolute Gasteiger partial charge is 0.412 e. The van der Waals surface area contributed by atoms with Gasteiger partial charge in [-0.15, -0.1) is 0 Å². The van der Waals surface area contributed by atoms with Crippen molar-refractivity contribution in [2.45, 2.75) is 59.3 Å². The Morgan fingerprint density at radius 3 is 1.38 bits per heavy atom. The Balaban J connectivity index is 4.96. The molecule has 3 amide bonds. The quantitative estimate of drug-likeness (QED) is 0.119. The largest absolute Gasteiger partial charge is 0.428 e. The SMILES string of the molecule is CCCC(=O)OCOC(=O)NCCN(CCN(CCN)C(=O)OCOC(=O)CCC)C(=O)OCOC(=O)CCC. The highest BCUT2D eigenvalue weighted by atomic mass is 16.7. The Morgan fingerprint density at radius 1 is 0.575 bits per heavy atom. The monoisotopic (exact) mass is 578 g/mol. The molecule has 0 spiro atoms. The summed E-state index contributed by atoms with van der Waals surface area (Å²) in [7, 11) is 0. The van der Waals surface area contributed by atoms with E-state index in [9.17, 15) is 28.8 Å². The topological polar surface area (TPSA) is 202 Å². The average Bonchev–Trinajstić information content (AvgIpc) is 2.90. The first-order chi connectivity index (χ1) is 19.2. The molecule has 230 valence electrons. The van der Waals surface area contributed by atoms with Crippen LogP contribution in [0.2, 0.25) is 0 Å². The summed E-state index contributed by atoms with van der Waals surface area (Å²) in [5.74, 6) is -1.56. The van der Waals surface area contributed by atoms with Crippen LogP contribution in [0.4, 0.5) is 14.4 Å². The second-order valence-electron chi connectivity index (χ2n) is 8.09. The Hall–Kier alpha value is -3.82. The standard InChI is InChI=1S/C24H42N4O12/c1-4-7-19(29)35-16-38-22(32)26-11-13-28(24(34)40-18-37-21(31)9-6-3)15-14-27(12-10-25)23(33)39-17-36-20(30)8-5-2/h4-18,25H2,1-3H3,(H,26,32). The van der Waals surface area contributed by atoms with Crippen molar-refractivity contribution in [1.82, 2.24) is 15.1 Å². The predicted octanol–water partition coefficient (Wildman–Crippen LogP) is 1.45. The number of rotatable bonds is 20. The fraction of sp³-hybridized carbons (Fsp3) is 0.750. The summed E-state index contributed by atoms with van der Waals surface area (Å²) in [6.07, 6.45) is -0.352. The molecular weight excluding hydrogens is 536 g/mol. The summed E-state index contributed by atoms with van der Waals surface area (Å²) >= 11 is 0. The lowest BCUT2D eigenvalue weighted by Crippen LogP contribution is -2.45. The molecule has 0 saturated heterocycles. The molecule has 0 bridgehead atoms. The highest BCUT2D eigenvalue weighted by molar-refractivity contribution is 5.72. The number of nitrogens with one attached hydrogen (secondary N) is 1. The maximum Gasteiger partial charge on any atom is 0.412 e. The third-order valence-corrected chi connectivity index (χ3v) is 4.78. The highest BCUT2D eigenvalue weighted by Gasteiger charge is 2.21. The minimum absolute atomic E-state index is 0.0541. The number of carbonyl (C=O) groups is 6. The van der Waals surface area contributed by atoms with E-state index in [0.29, 0.717) is 19.3 Å². The normalized spacial score (nSPS) is 10.1. The lowest BCUT2D eigenvalue weighted by molar-refractivity contribution is -0.153. The van der Waals surface area contributed by atoms with Crippen LogP contribution < -0.4 is 11.1 Å². The van der Waals surface area contributed by atoms with Crippen molar-refractivity contribution in [2.75, 3.05) is 59.6 Å². The van der Waals surface area contributed by atoms with Crippen LogP contribution in [0.3, 0.4) is 0 Å². The molecule has 0 fully saturated rings. The summed E-state index contributed by atoms with van der Waals surface area (Å²) in [4.78, 5) is 73.5. The maximum absolute atomic E-state index is 12.6. The molecule has 16 nitrogen and oxygen atoms in total. The Morgan fingerprint density at radius 2 is 0.975 bits per heavy atom. The van der Waals surface area contributed by atoms with E-state index in [2.05, 4.69) is 5.32 Å². The first-order valence-corrected chi connectivity index (χ1v) is 13.1. The number of hydrogen-bond donors (Lipinski definition) is 2. The van der Waals surface area contributed by atoms with Crippen molar-refractivity contribution < 1.29 is 57.2 Å². The second kappa shape index (κ2) is 23.1. The Kier molecular flexibility index (Phi) is 20.9. The van der Waals surface area contributed by atoms with Crippen molar-refractivity contribution in [3.8, 4) is 0 Å². The zero-order chi connectivity index (χ0) is 30.2. The summed E-state index contributed by atoms with van der Waals surface area (Å²) < 4.78 is 29.0. The number of nitrogens with two attached hydrogens (primary N) is 1. The summed E-state index contributed by atoms with van der Waals surface area (Å²) in [5.41, 5.74) is 5.58. The van der Waals surface area contributed by atoms with Gasteiger partial charge < -0.3 is 49.3 Å². The van der Waals surface area contributed by atoms with Gasteiger partial charge in [0.25, 0.3) is 0 Å². The zero-order valence-electron chi connectivity index (χ0n) is 23.5. The molecule has 0 unspecified atom stereocenters. The predicted molar refractivity (Wildman–Crippen MR) is 137 cm³/mol.